The molecule has 134 valence electrons. The molecule has 0 spiro atoms. The van der Waals surface area contributed by atoms with Gasteiger partial charge in [-0.3, -0.25) is 4.79 Å². The number of likely N-dealkylation sites (tertiary alicyclic amines) is 1. The van der Waals surface area contributed by atoms with Crippen molar-refractivity contribution < 1.29 is 4.79 Å². The molecule has 2 saturated heterocycles. The molecule has 3 nitrogen and oxygen atoms in total. The van der Waals surface area contributed by atoms with E-state index in [1.165, 1.54) is 0 Å². The van der Waals surface area contributed by atoms with Crippen molar-refractivity contribution in [2.24, 2.45) is 17.8 Å². The van der Waals surface area contributed by atoms with E-state index in [4.69, 9.17) is 11.6 Å². The third-order valence-electron chi connectivity index (χ3n) is 5.47. The molecule has 2 heterocycles. The Kier molecular flexibility index (Phi) is 6.97. The Hall–Kier alpha value is -0.770. The largest absolute Gasteiger partial charge is 0.342 e. The molecule has 24 heavy (non-hydrogen) atoms. The molecule has 2 aliphatic rings. The Morgan fingerprint density at radius 1 is 1.21 bits per heavy atom. The van der Waals surface area contributed by atoms with E-state index < -0.39 is 0 Å². The Bertz CT molecular complexity index is 550. The third-order valence-corrected chi connectivity index (χ3v) is 5.71. The zero-order valence-electron chi connectivity index (χ0n) is 14.5. The summed E-state index contributed by atoms with van der Waals surface area (Å²) < 4.78 is 0. The molecule has 1 aromatic rings. The summed E-state index contributed by atoms with van der Waals surface area (Å²) in [7, 11) is 0. The molecule has 0 bridgehead atoms. The molecular weight excluding hydrogens is 343 g/mol. The lowest BCUT2D eigenvalue weighted by Crippen LogP contribution is -2.38. The van der Waals surface area contributed by atoms with Crippen LogP contribution in [0.3, 0.4) is 0 Å². The van der Waals surface area contributed by atoms with Crippen molar-refractivity contribution in [1.29, 1.82) is 0 Å². The van der Waals surface area contributed by atoms with Crippen molar-refractivity contribution in [2.75, 3.05) is 26.2 Å². The fourth-order valence-corrected chi connectivity index (χ4v) is 4.35. The summed E-state index contributed by atoms with van der Waals surface area (Å²) in [5, 5.41) is 4.20. The Balaban J connectivity index is 0.00000208. The van der Waals surface area contributed by atoms with E-state index in [1.807, 2.05) is 24.3 Å². The van der Waals surface area contributed by atoms with Crippen LogP contribution in [0.15, 0.2) is 24.3 Å². The summed E-state index contributed by atoms with van der Waals surface area (Å²) in [6, 6.07) is 7.79. The van der Waals surface area contributed by atoms with Crippen molar-refractivity contribution in [3.63, 3.8) is 0 Å². The minimum Gasteiger partial charge on any atom is -0.342 e. The number of carbonyl (C=O) groups excluding carboxylic acids is 1. The van der Waals surface area contributed by atoms with Crippen LogP contribution >= 0.6 is 24.0 Å². The molecular formula is C19H28Cl2N2O. The molecule has 0 aromatic heterocycles. The normalized spacial score (nSPS) is 24.9. The van der Waals surface area contributed by atoms with Gasteiger partial charge in [-0.15, -0.1) is 12.4 Å². The Labute approximate surface area is 156 Å². The zero-order chi connectivity index (χ0) is 16.4. The second kappa shape index (κ2) is 8.55. The summed E-state index contributed by atoms with van der Waals surface area (Å²) in [6.07, 6.45) is 2.26. The first-order valence-corrected chi connectivity index (χ1v) is 9.19. The van der Waals surface area contributed by atoms with E-state index in [0.717, 1.165) is 56.4 Å². The SMILES string of the molecule is CC(C)C(C(=O)N1CC[C@@H]2CNC[C@@H]2CC1)c1cccc(Cl)c1.Cl. The number of amides is 1. The Morgan fingerprint density at radius 2 is 1.83 bits per heavy atom. The van der Waals surface area contributed by atoms with Crippen molar-refractivity contribution in [2.45, 2.75) is 32.6 Å². The summed E-state index contributed by atoms with van der Waals surface area (Å²) in [4.78, 5) is 15.3. The van der Waals surface area contributed by atoms with Crippen LogP contribution < -0.4 is 5.32 Å². The molecule has 0 aliphatic carbocycles. The van der Waals surface area contributed by atoms with Gasteiger partial charge < -0.3 is 10.2 Å². The predicted molar refractivity (Wildman–Crippen MR) is 102 cm³/mol. The monoisotopic (exact) mass is 370 g/mol. The van der Waals surface area contributed by atoms with E-state index >= 15 is 0 Å². The van der Waals surface area contributed by atoms with Gasteiger partial charge in [-0.05, 0) is 61.4 Å². The van der Waals surface area contributed by atoms with Crippen LogP contribution in [0.5, 0.6) is 0 Å². The van der Waals surface area contributed by atoms with Gasteiger partial charge in [0.2, 0.25) is 5.91 Å². The van der Waals surface area contributed by atoms with E-state index in [1.54, 1.807) is 0 Å². The van der Waals surface area contributed by atoms with Gasteiger partial charge in [0.05, 0.1) is 5.92 Å². The lowest BCUT2D eigenvalue weighted by atomic mass is 9.87. The van der Waals surface area contributed by atoms with Crippen molar-refractivity contribution >= 4 is 29.9 Å². The molecule has 3 atom stereocenters. The minimum absolute atomic E-state index is 0. The second-order valence-electron chi connectivity index (χ2n) is 7.36. The molecule has 0 saturated carbocycles. The smallest absolute Gasteiger partial charge is 0.230 e. The van der Waals surface area contributed by atoms with Crippen LogP contribution in [0.2, 0.25) is 5.02 Å². The van der Waals surface area contributed by atoms with Crippen LogP contribution in [-0.2, 0) is 4.79 Å². The first-order valence-electron chi connectivity index (χ1n) is 8.81. The van der Waals surface area contributed by atoms with Gasteiger partial charge >= 0.3 is 0 Å². The van der Waals surface area contributed by atoms with Crippen LogP contribution in [-0.4, -0.2) is 37.0 Å². The molecule has 1 amide bonds. The highest BCUT2D eigenvalue weighted by Gasteiger charge is 2.34. The van der Waals surface area contributed by atoms with Gasteiger partial charge in [0.25, 0.3) is 0 Å². The van der Waals surface area contributed by atoms with Crippen LogP contribution in [0, 0.1) is 17.8 Å². The highest BCUT2D eigenvalue weighted by atomic mass is 35.5. The maximum atomic E-state index is 13.2. The van der Waals surface area contributed by atoms with E-state index in [9.17, 15) is 4.79 Å². The fraction of sp³-hybridized carbons (Fsp3) is 0.632. The van der Waals surface area contributed by atoms with Gasteiger partial charge in [-0.1, -0.05) is 37.6 Å². The lowest BCUT2D eigenvalue weighted by molar-refractivity contribution is -0.133. The van der Waals surface area contributed by atoms with Gasteiger partial charge in [0.1, 0.15) is 0 Å². The second-order valence-corrected chi connectivity index (χ2v) is 7.79. The lowest BCUT2D eigenvalue weighted by Gasteiger charge is -2.29. The molecule has 1 unspecified atom stereocenters. The summed E-state index contributed by atoms with van der Waals surface area (Å²) in [5.41, 5.74) is 1.05. The summed E-state index contributed by atoms with van der Waals surface area (Å²) in [6.45, 7) is 8.28. The van der Waals surface area contributed by atoms with Crippen molar-refractivity contribution in [3.8, 4) is 0 Å². The molecule has 2 fully saturated rings. The fourth-order valence-electron chi connectivity index (χ4n) is 4.15. The highest BCUT2D eigenvalue weighted by Crippen LogP contribution is 2.32. The number of fused-ring (bicyclic) bond motifs is 1. The molecule has 5 heteroatoms. The number of hydrogen-bond acceptors (Lipinski definition) is 2. The zero-order valence-corrected chi connectivity index (χ0v) is 16.1. The van der Waals surface area contributed by atoms with Gasteiger partial charge in [-0.25, -0.2) is 0 Å². The number of benzene rings is 1. The van der Waals surface area contributed by atoms with Crippen molar-refractivity contribution in [3.05, 3.63) is 34.9 Å². The minimum atomic E-state index is -0.0928. The van der Waals surface area contributed by atoms with Crippen molar-refractivity contribution in [1.82, 2.24) is 10.2 Å². The Morgan fingerprint density at radius 3 is 2.38 bits per heavy atom. The first kappa shape index (κ1) is 19.6. The van der Waals surface area contributed by atoms with Crippen LogP contribution in [0.25, 0.3) is 0 Å². The maximum Gasteiger partial charge on any atom is 0.230 e. The van der Waals surface area contributed by atoms with E-state index in [0.29, 0.717) is 5.02 Å². The number of halogens is 2. The molecule has 3 rings (SSSR count). The number of carbonyl (C=O) groups is 1. The summed E-state index contributed by atoms with van der Waals surface area (Å²) >= 11 is 6.14. The molecule has 1 aromatic carbocycles. The van der Waals surface area contributed by atoms with Gasteiger partial charge in [0, 0.05) is 18.1 Å². The van der Waals surface area contributed by atoms with Gasteiger partial charge in [0.15, 0.2) is 0 Å². The molecule has 0 radical (unpaired) electrons. The molecule has 1 N–H and O–H groups in total. The average molecular weight is 371 g/mol. The summed E-state index contributed by atoms with van der Waals surface area (Å²) in [5.74, 6) is 1.94. The van der Waals surface area contributed by atoms with Gasteiger partial charge in [-0.2, -0.15) is 0 Å². The van der Waals surface area contributed by atoms with E-state index in [2.05, 4.69) is 24.1 Å². The highest BCUT2D eigenvalue weighted by molar-refractivity contribution is 6.30. The topological polar surface area (TPSA) is 32.3 Å². The van der Waals surface area contributed by atoms with Crippen LogP contribution in [0.1, 0.15) is 38.2 Å². The maximum absolute atomic E-state index is 13.2. The number of nitrogens with one attached hydrogen (secondary N) is 1. The van der Waals surface area contributed by atoms with E-state index in [-0.39, 0.29) is 30.2 Å². The predicted octanol–water partition coefficient (Wildman–Crippen LogP) is 3.96. The standard InChI is InChI=1S/C19H27ClN2O.ClH/c1-13(2)18(14-4-3-5-17(20)10-14)19(23)22-8-6-15-11-21-12-16(15)7-9-22;/h3-5,10,13,15-16,18,21H,6-9,11-12H2,1-2H3;1H/t15-,16+,18?;. The van der Waals surface area contributed by atoms with Crippen LogP contribution in [0.4, 0.5) is 0 Å². The quantitative estimate of drug-likeness (QED) is 0.872. The number of rotatable bonds is 3. The number of nitrogens with zero attached hydrogens (tertiary/aromatic N) is 1. The molecule has 2 aliphatic heterocycles. The first-order chi connectivity index (χ1) is 11.1. The average Bonchev–Trinajstić information content (AvgIpc) is 2.85. The number of hydrogen-bond donors (Lipinski definition) is 1. The third kappa shape index (κ3) is 4.25.